The molecule has 0 fully saturated rings. The first-order chi connectivity index (χ1) is 8.76. The Morgan fingerprint density at radius 2 is 1.94 bits per heavy atom. The van der Waals surface area contributed by atoms with E-state index in [4.69, 9.17) is 9.47 Å². The van der Waals surface area contributed by atoms with Gasteiger partial charge in [-0.3, -0.25) is 4.98 Å². The molecule has 2 rings (SSSR count). The summed E-state index contributed by atoms with van der Waals surface area (Å²) in [6.07, 6.45) is 0.807. The zero-order chi connectivity index (χ0) is 13.0. The van der Waals surface area contributed by atoms with Gasteiger partial charge in [0, 0.05) is 11.8 Å². The van der Waals surface area contributed by atoms with Gasteiger partial charge < -0.3 is 14.6 Å². The Morgan fingerprint density at radius 3 is 2.56 bits per heavy atom. The molecule has 94 valence electrons. The normalized spacial score (nSPS) is 11.9. The maximum absolute atomic E-state index is 10.3. The molecule has 0 saturated carbocycles. The number of ether oxygens (including phenoxy) is 2. The Balaban J connectivity index is 2.42. The van der Waals surface area contributed by atoms with Crippen molar-refractivity contribution >= 4 is 0 Å². The minimum atomic E-state index is -0.837. The molecule has 0 radical (unpaired) electrons. The predicted molar refractivity (Wildman–Crippen MR) is 67.8 cm³/mol. The van der Waals surface area contributed by atoms with Crippen LogP contribution in [0.3, 0.4) is 0 Å². The molecule has 4 nitrogen and oxygen atoms in total. The van der Waals surface area contributed by atoms with Crippen LogP contribution in [0.4, 0.5) is 0 Å². The lowest BCUT2D eigenvalue weighted by atomic mass is 10.0. The van der Waals surface area contributed by atoms with Crippen LogP contribution in [0.15, 0.2) is 42.6 Å². The molecule has 4 heteroatoms. The van der Waals surface area contributed by atoms with E-state index in [9.17, 15) is 5.11 Å². The van der Waals surface area contributed by atoms with Crippen molar-refractivity contribution < 1.29 is 14.6 Å². The third-order valence-corrected chi connectivity index (χ3v) is 2.70. The smallest absolute Gasteiger partial charge is 0.125 e. The zero-order valence-electron chi connectivity index (χ0n) is 10.3. The highest BCUT2D eigenvalue weighted by Crippen LogP contribution is 2.32. The van der Waals surface area contributed by atoms with Gasteiger partial charge >= 0.3 is 0 Å². The van der Waals surface area contributed by atoms with E-state index in [0.29, 0.717) is 22.8 Å². The summed E-state index contributed by atoms with van der Waals surface area (Å²) in [5.74, 6) is 1.27. The Bertz CT molecular complexity index is 514. The monoisotopic (exact) mass is 245 g/mol. The van der Waals surface area contributed by atoms with Gasteiger partial charge in [0.05, 0.1) is 19.9 Å². The fourth-order valence-corrected chi connectivity index (χ4v) is 1.75. The number of rotatable bonds is 4. The lowest BCUT2D eigenvalue weighted by molar-refractivity contribution is 0.209. The first-order valence-corrected chi connectivity index (χ1v) is 5.57. The number of pyridine rings is 1. The molecule has 0 aliphatic rings. The zero-order valence-corrected chi connectivity index (χ0v) is 10.3. The molecule has 1 atom stereocenters. The molecule has 0 unspecified atom stereocenters. The van der Waals surface area contributed by atoms with Crippen molar-refractivity contribution in [2.75, 3.05) is 14.2 Å². The van der Waals surface area contributed by atoms with Gasteiger partial charge in [0.25, 0.3) is 0 Å². The van der Waals surface area contributed by atoms with E-state index in [2.05, 4.69) is 4.98 Å². The third kappa shape index (κ3) is 2.43. The van der Waals surface area contributed by atoms with Gasteiger partial charge in [-0.15, -0.1) is 0 Å². The highest BCUT2D eigenvalue weighted by Gasteiger charge is 2.17. The minimum absolute atomic E-state index is 0.573. The number of hydrogen-bond donors (Lipinski definition) is 1. The Morgan fingerprint density at radius 1 is 1.11 bits per heavy atom. The Hall–Kier alpha value is -2.07. The standard InChI is InChI=1S/C14H15NO3/c1-17-10-6-7-13(18-2)11(9-10)14(16)12-5-3-4-8-15-12/h3-9,14,16H,1-2H3/t14-/m0/s1. The second-order valence-electron chi connectivity index (χ2n) is 3.77. The van der Waals surface area contributed by atoms with Gasteiger partial charge in [-0.25, -0.2) is 0 Å². The van der Waals surface area contributed by atoms with Crippen LogP contribution < -0.4 is 9.47 Å². The summed E-state index contributed by atoms with van der Waals surface area (Å²) in [6.45, 7) is 0. The van der Waals surface area contributed by atoms with Gasteiger partial charge in [-0.1, -0.05) is 6.07 Å². The first-order valence-electron chi connectivity index (χ1n) is 5.57. The average molecular weight is 245 g/mol. The van der Waals surface area contributed by atoms with Crippen LogP contribution in [0, 0.1) is 0 Å². The van der Waals surface area contributed by atoms with Crippen LogP contribution in [-0.2, 0) is 0 Å². The van der Waals surface area contributed by atoms with Crippen molar-refractivity contribution in [3.8, 4) is 11.5 Å². The van der Waals surface area contributed by atoms with Crippen molar-refractivity contribution in [1.29, 1.82) is 0 Å². The van der Waals surface area contributed by atoms with Gasteiger partial charge in [0.15, 0.2) is 0 Å². The van der Waals surface area contributed by atoms with Gasteiger partial charge in [0.1, 0.15) is 17.6 Å². The lowest BCUT2D eigenvalue weighted by Gasteiger charge is -2.15. The fraction of sp³-hybridized carbons (Fsp3) is 0.214. The van der Waals surface area contributed by atoms with E-state index in [-0.39, 0.29) is 0 Å². The lowest BCUT2D eigenvalue weighted by Crippen LogP contribution is -2.04. The quantitative estimate of drug-likeness (QED) is 0.897. The number of methoxy groups -OCH3 is 2. The van der Waals surface area contributed by atoms with E-state index in [1.54, 1.807) is 50.7 Å². The first kappa shape index (κ1) is 12.4. The summed E-state index contributed by atoms with van der Waals surface area (Å²) in [5.41, 5.74) is 1.21. The summed E-state index contributed by atoms with van der Waals surface area (Å²) < 4.78 is 10.4. The van der Waals surface area contributed by atoms with Crippen molar-refractivity contribution in [2.24, 2.45) is 0 Å². The maximum atomic E-state index is 10.3. The van der Waals surface area contributed by atoms with Crippen molar-refractivity contribution in [3.05, 3.63) is 53.9 Å². The van der Waals surface area contributed by atoms with Gasteiger partial charge in [0.2, 0.25) is 0 Å². The highest BCUT2D eigenvalue weighted by atomic mass is 16.5. The molecule has 0 bridgehead atoms. The molecule has 0 saturated heterocycles. The fourth-order valence-electron chi connectivity index (χ4n) is 1.75. The molecule has 0 amide bonds. The van der Waals surface area contributed by atoms with E-state index in [1.165, 1.54) is 0 Å². The van der Waals surface area contributed by atoms with Crippen LogP contribution in [0.2, 0.25) is 0 Å². The topological polar surface area (TPSA) is 51.6 Å². The number of benzene rings is 1. The third-order valence-electron chi connectivity index (χ3n) is 2.70. The van der Waals surface area contributed by atoms with Gasteiger partial charge in [-0.2, -0.15) is 0 Å². The molecule has 0 aliphatic heterocycles. The number of aliphatic hydroxyl groups is 1. The molecule has 1 aromatic carbocycles. The average Bonchev–Trinajstić information content (AvgIpc) is 2.46. The van der Waals surface area contributed by atoms with Crippen molar-refractivity contribution in [2.45, 2.75) is 6.10 Å². The molecule has 2 aromatic rings. The summed E-state index contributed by atoms with van der Waals surface area (Å²) in [6, 6.07) is 10.7. The maximum Gasteiger partial charge on any atom is 0.125 e. The van der Waals surface area contributed by atoms with E-state index in [0.717, 1.165) is 0 Å². The Kier molecular flexibility index (Phi) is 3.79. The van der Waals surface area contributed by atoms with Crippen LogP contribution in [0.1, 0.15) is 17.4 Å². The second kappa shape index (κ2) is 5.51. The van der Waals surface area contributed by atoms with Gasteiger partial charge in [-0.05, 0) is 30.3 Å². The van der Waals surface area contributed by atoms with Crippen LogP contribution in [0.25, 0.3) is 0 Å². The van der Waals surface area contributed by atoms with E-state index in [1.807, 2.05) is 6.07 Å². The highest BCUT2D eigenvalue weighted by molar-refractivity contribution is 5.44. The van der Waals surface area contributed by atoms with Crippen molar-refractivity contribution in [1.82, 2.24) is 4.98 Å². The minimum Gasteiger partial charge on any atom is -0.497 e. The molecule has 0 spiro atoms. The SMILES string of the molecule is COc1ccc(OC)c([C@H](O)c2ccccn2)c1. The number of aliphatic hydroxyl groups excluding tert-OH is 1. The van der Waals surface area contributed by atoms with E-state index >= 15 is 0 Å². The number of nitrogens with zero attached hydrogens (tertiary/aromatic N) is 1. The summed E-state index contributed by atoms with van der Waals surface area (Å²) in [7, 11) is 3.15. The van der Waals surface area contributed by atoms with Crippen LogP contribution in [0.5, 0.6) is 11.5 Å². The second-order valence-corrected chi connectivity index (χ2v) is 3.77. The number of aromatic nitrogens is 1. The molecular formula is C14H15NO3. The molecule has 0 aliphatic carbocycles. The largest absolute Gasteiger partial charge is 0.497 e. The van der Waals surface area contributed by atoms with Crippen LogP contribution in [-0.4, -0.2) is 24.3 Å². The number of hydrogen-bond acceptors (Lipinski definition) is 4. The van der Waals surface area contributed by atoms with E-state index < -0.39 is 6.10 Å². The summed E-state index contributed by atoms with van der Waals surface area (Å²) in [5, 5.41) is 10.3. The molecule has 1 heterocycles. The molecule has 18 heavy (non-hydrogen) atoms. The summed E-state index contributed by atoms with van der Waals surface area (Å²) >= 11 is 0. The van der Waals surface area contributed by atoms with Crippen molar-refractivity contribution in [3.63, 3.8) is 0 Å². The molecule has 1 N–H and O–H groups in total. The molecule has 1 aromatic heterocycles. The molecular weight excluding hydrogens is 230 g/mol. The predicted octanol–water partition coefficient (Wildman–Crippen LogP) is 2.18. The Labute approximate surface area is 106 Å². The van der Waals surface area contributed by atoms with Crippen LogP contribution >= 0.6 is 0 Å². The summed E-state index contributed by atoms with van der Waals surface area (Å²) in [4.78, 5) is 4.14.